The van der Waals surface area contributed by atoms with Crippen LogP contribution in [-0.2, 0) is 16.2 Å². The maximum atomic E-state index is 6.84. The van der Waals surface area contributed by atoms with Gasteiger partial charge in [0, 0.05) is 22.6 Å². The number of para-hydroxylation sites is 3. The van der Waals surface area contributed by atoms with Gasteiger partial charge in [0.2, 0.25) is 0 Å². The fourth-order valence-corrected chi connectivity index (χ4v) is 8.68. The molecule has 0 saturated carbocycles. The van der Waals surface area contributed by atoms with Crippen LogP contribution in [0.1, 0.15) is 76.6 Å². The molecule has 4 aliphatic heterocycles. The zero-order valence-electron chi connectivity index (χ0n) is 28.8. The molecule has 0 radical (unpaired) electrons. The number of anilines is 3. The fraction of sp³-hybridized carbons (Fsp3) is 0.302. The lowest BCUT2D eigenvalue weighted by Crippen LogP contribution is -2.57. The maximum absolute atomic E-state index is 6.84. The Morgan fingerprint density at radius 1 is 0.562 bits per heavy atom. The molecule has 48 heavy (non-hydrogen) atoms. The molecule has 5 aromatic carbocycles. The zero-order valence-corrected chi connectivity index (χ0v) is 28.8. The maximum Gasteiger partial charge on any atom is 0.260 e. The molecular formula is C43H42BNO3. The van der Waals surface area contributed by atoms with E-state index < -0.39 is 0 Å². The van der Waals surface area contributed by atoms with Crippen LogP contribution in [0, 0.1) is 0 Å². The summed E-state index contributed by atoms with van der Waals surface area (Å²) in [6.45, 7) is 15.4. The van der Waals surface area contributed by atoms with E-state index >= 15 is 0 Å². The molecule has 0 amide bonds. The van der Waals surface area contributed by atoms with Crippen LogP contribution >= 0.6 is 0 Å². The van der Waals surface area contributed by atoms with E-state index in [-0.39, 0.29) is 23.0 Å². The second kappa shape index (κ2) is 10.2. The van der Waals surface area contributed by atoms with Crippen LogP contribution in [0.3, 0.4) is 0 Å². The van der Waals surface area contributed by atoms with Gasteiger partial charge in [-0.2, -0.15) is 0 Å². The number of hydrogen-bond donors (Lipinski definition) is 0. The Bertz CT molecular complexity index is 2040. The molecule has 5 aromatic rings. The molecule has 0 aromatic heterocycles. The third kappa shape index (κ3) is 4.15. The highest BCUT2D eigenvalue weighted by molar-refractivity contribution is 6.98. The molecule has 5 heteroatoms. The third-order valence-electron chi connectivity index (χ3n) is 11.6. The standard InChI is InChI=1S/C43H42BNO3/c1-41(2)21-23-46-39-30(41)26-31-40(47-24-22-42(31,3)4)38(39)44-32-15-9-12-18-36(32)48-37-25-27(19-20-33(37)44)45-34-16-10-7-13-28(34)43(5,6)29-14-8-11-17-35(29)45/h7-20,25-26H,21-24H2,1-6H3. The van der Waals surface area contributed by atoms with Crippen LogP contribution < -0.4 is 35.5 Å². The number of nitrogens with zero attached hydrogens (tertiary/aromatic N) is 1. The van der Waals surface area contributed by atoms with E-state index in [0.717, 1.165) is 57.9 Å². The van der Waals surface area contributed by atoms with Gasteiger partial charge in [0.1, 0.15) is 23.0 Å². The highest BCUT2D eigenvalue weighted by Crippen LogP contribution is 2.52. The second-order valence-corrected chi connectivity index (χ2v) is 15.8. The first-order chi connectivity index (χ1) is 23.1. The Morgan fingerprint density at radius 3 is 1.73 bits per heavy atom. The zero-order chi connectivity index (χ0) is 33.0. The highest BCUT2D eigenvalue weighted by atomic mass is 16.5. The summed E-state index contributed by atoms with van der Waals surface area (Å²) in [5.41, 5.74) is 11.9. The first kappa shape index (κ1) is 29.5. The van der Waals surface area contributed by atoms with E-state index in [9.17, 15) is 0 Å². The van der Waals surface area contributed by atoms with Crippen molar-refractivity contribution in [2.45, 2.75) is 70.6 Å². The van der Waals surface area contributed by atoms with E-state index in [4.69, 9.17) is 14.2 Å². The summed E-state index contributed by atoms with van der Waals surface area (Å²) < 4.78 is 20.2. The van der Waals surface area contributed by atoms with Gasteiger partial charge in [-0.05, 0) is 87.2 Å². The fourth-order valence-electron chi connectivity index (χ4n) is 8.68. The van der Waals surface area contributed by atoms with Gasteiger partial charge < -0.3 is 19.1 Å². The van der Waals surface area contributed by atoms with E-state index in [0.29, 0.717) is 13.2 Å². The summed E-state index contributed by atoms with van der Waals surface area (Å²) in [7, 11) is 0. The van der Waals surface area contributed by atoms with Gasteiger partial charge >= 0.3 is 0 Å². The number of fused-ring (bicyclic) bond motifs is 6. The minimum Gasteiger partial charge on any atom is -0.494 e. The van der Waals surface area contributed by atoms with Crippen LogP contribution in [0.5, 0.6) is 23.0 Å². The van der Waals surface area contributed by atoms with Crippen molar-refractivity contribution in [1.29, 1.82) is 0 Å². The van der Waals surface area contributed by atoms with Gasteiger partial charge in [-0.3, -0.25) is 0 Å². The lowest BCUT2D eigenvalue weighted by Gasteiger charge is -2.42. The number of ether oxygens (including phenoxy) is 3. The summed E-state index contributed by atoms with van der Waals surface area (Å²) in [6, 6.07) is 35.3. The molecular weight excluding hydrogens is 589 g/mol. The van der Waals surface area contributed by atoms with Gasteiger partial charge in [-0.25, -0.2) is 0 Å². The van der Waals surface area contributed by atoms with Crippen molar-refractivity contribution in [3.8, 4) is 23.0 Å². The molecule has 0 saturated heterocycles. The Hall–Kier alpha value is -4.64. The molecule has 0 unspecified atom stereocenters. The Morgan fingerprint density at radius 2 is 1.10 bits per heavy atom. The second-order valence-electron chi connectivity index (χ2n) is 15.8. The van der Waals surface area contributed by atoms with E-state index in [2.05, 4.69) is 144 Å². The monoisotopic (exact) mass is 631 g/mol. The summed E-state index contributed by atoms with van der Waals surface area (Å²) in [6.07, 6.45) is 1.97. The minimum absolute atomic E-state index is 0.00885. The minimum atomic E-state index is -0.120. The Labute approximate surface area is 284 Å². The highest BCUT2D eigenvalue weighted by Gasteiger charge is 2.45. The van der Waals surface area contributed by atoms with Crippen LogP contribution in [0.15, 0.2) is 97.1 Å². The third-order valence-corrected chi connectivity index (χ3v) is 11.6. The lowest BCUT2D eigenvalue weighted by atomic mass is 9.35. The van der Waals surface area contributed by atoms with Crippen molar-refractivity contribution >= 4 is 40.2 Å². The normalized spacial score (nSPS) is 18.8. The SMILES string of the molecule is CC1(C)CCOc2c1cc1c(c2B2c3ccccc3Oc3cc(N4c5ccccc5C(C)(C)c5ccccc54)ccc32)OCCC1(C)C. The van der Waals surface area contributed by atoms with Crippen LogP contribution in [0.4, 0.5) is 17.1 Å². The summed E-state index contributed by atoms with van der Waals surface area (Å²) in [4.78, 5) is 2.40. The Kier molecular flexibility index (Phi) is 6.26. The summed E-state index contributed by atoms with van der Waals surface area (Å²) in [5, 5.41) is 0. The molecule has 0 aliphatic carbocycles. The van der Waals surface area contributed by atoms with Crippen LogP contribution in [0.2, 0.25) is 0 Å². The van der Waals surface area contributed by atoms with E-state index in [1.165, 1.54) is 33.6 Å². The van der Waals surface area contributed by atoms with Gasteiger partial charge in [-0.15, -0.1) is 0 Å². The number of rotatable bonds is 2. The molecule has 240 valence electrons. The average Bonchev–Trinajstić information content (AvgIpc) is 3.07. The van der Waals surface area contributed by atoms with Gasteiger partial charge in [-0.1, -0.05) is 102 Å². The van der Waals surface area contributed by atoms with E-state index in [1.807, 2.05) is 0 Å². The average molecular weight is 632 g/mol. The van der Waals surface area contributed by atoms with Gasteiger partial charge in [0.25, 0.3) is 6.71 Å². The molecule has 0 N–H and O–H groups in total. The van der Waals surface area contributed by atoms with Gasteiger partial charge in [0.05, 0.1) is 24.6 Å². The quantitative estimate of drug-likeness (QED) is 0.179. The molecule has 4 aliphatic rings. The van der Waals surface area contributed by atoms with Crippen LogP contribution in [0.25, 0.3) is 0 Å². The van der Waals surface area contributed by atoms with Gasteiger partial charge in [0.15, 0.2) is 0 Å². The summed E-state index contributed by atoms with van der Waals surface area (Å²) in [5.74, 6) is 3.72. The predicted molar refractivity (Wildman–Crippen MR) is 197 cm³/mol. The summed E-state index contributed by atoms with van der Waals surface area (Å²) >= 11 is 0. The first-order valence-corrected chi connectivity index (χ1v) is 17.4. The predicted octanol–water partition coefficient (Wildman–Crippen LogP) is 8.54. The molecule has 0 atom stereocenters. The molecule has 0 bridgehead atoms. The number of hydrogen-bond acceptors (Lipinski definition) is 4. The molecule has 4 nitrogen and oxygen atoms in total. The smallest absolute Gasteiger partial charge is 0.260 e. The van der Waals surface area contributed by atoms with Crippen molar-refractivity contribution in [2.75, 3.05) is 18.1 Å². The molecule has 0 fully saturated rings. The van der Waals surface area contributed by atoms with Crippen molar-refractivity contribution in [1.82, 2.24) is 0 Å². The topological polar surface area (TPSA) is 30.9 Å². The number of benzene rings is 5. The largest absolute Gasteiger partial charge is 0.494 e. The Balaban J connectivity index is 1.28. The first-order valence-electron chi connectivity index (χ1n) is 17.4. The van der Waals surface area contributed by atoms with E-state index in [1.54, 1.807) is 0 Å². The van der Waals surface area contributed by atoms with Crippen molar-refractivity contribution in [2.24, 2.45) is 0 Å². The molecule has 4 heterocycles. The molecule has 0 spiro atoms. The lowest BCUT2D eigenvalue weighted by molar-refractivity contribution is 0.219. The van der Waals surface area contributed by atoms with Crippen molar-refractivity contribution in [3.05, 3.63) is 119 Å². The molecule has 9 rings (SSSR count). The van der Waals surface area contributed by atoms with Crippen molar-refractivity contribution < 1.29 is 14.2 Å². The van der Waals surface area contributed by atoms with Crippen molar-refractivity contribution in [3.63, 3.8) is 0 Å². The van der Waals surface area contributed by atoms with Crippen LogP contribution in [-0.4, -0.2) is 19.9 Å².